The molecule has 1 N–H and O–H groups in total. The van der Waals surface area contributed by atoms with Gasteiger partial charge in [0.25, 0.3) is 0 Å². The summed E-state index contributed by atoms with van der Waals surface area (Å²) in [5.41, 5.74) is 1.20. The third-order valence-corrected chi connectivity index (χ3v) is 5.38. The molecule has 114 valence electrons. The molecule has 1 heterocycles. The lowest BCUT2D eigenvalue weighted by Gasteiger charge is -2.34. The van der Waals surface area contributed by atoms with E-state index in [1.165, 1.54) is 12.0 Å². The SMILES string of the molecule is CC1CCCNC1C(=O)N(Cc1ccccc1Br)C1CC1. The zero-order chi connectivity index (χ0) is 14.8. The van der Waals surface area contributed by atoms with Crippen LogP contribution in [-0.4, -0.2) is 29.4 Å². The molecule has 0 bridgehead atoms. The van der Waals surface area contributed by atoms with Crippen molar-refractivity contribution in [2.24, 2.45) is 5.92 Å². The molecule has 4 heteroatoms. The first-order chi connectivity index (χ1) is 10.2. The molecule has 3 nitrogen and oxygen atoms in total. The minimum absolute atomic E-state index is 0.00170. The highest BCUT2D eigenvalue weighted by molar-refractivity contribution is 9.10. The fourth-order valence-electron chi connectivity index (χ4n) is 3.14. The molecule has 0 aromatic heterocycles. The van der Waals surface area contributed by atoms with Crippen molar-refractivity contribution < 1.29 is 4.79 Å². The second-order valence-corrected chi connectivity index (χ2v) is 7.19. The van der Waals surface area contributed by atoms with Crippen LogP contribution >= 0.6 is 15.9 Å². The smallest absolute Gasteiger partial charge is 0.240 e. The number of rotatable bonds is 4. The fraction of sp³-hybridized carbons (Fsp3) is 0.588. The summed E-state index contributed by atoms with van der Waals surface area (Å²) >= 11 is 3.60. The highest BCUT2D eigenvalue weighted by Gasteiger charge is 2.38. The van der Waals surface area contributed by atoms with Crippen LogP contribution in [0.2, 0.25) is 0 Å². The lowest BCUT2D eigenvalue weighted by molar-refractivity contribution is -0.136. The Bertz CT molecular complexity index is 515. The lowest BCUT2D eigenvalue weighted by atomic mass is 9.91. The van der Waals surface area contributed by atoms with Crippen molar-refractivity contribution in [1.29, 1.82) is 0 Å². The van der Waals surface area contributed by atoms with Gasteiger partial charge in [-0.05, 0) is 49.8 Å². The van der Waals surface area contributed by atoms with E-state index in [2.05, 4.69) is 39.1 Å². The highest BCUT2D eigenvalue weighted by Crippen LogP contribution is 2.31. The molecule has 1 saturated heterocycles. The molecule has 1 aliphatic carbocycles. The second-order valence-electron chi connectivity index (χ2n) is 6.34. The first-order valence-corrected chi connectivity index (χ1v) is 8.73. The number of halogens is 1. The number of hydrogen-bond acceptors (Lipinski definition) is 2. The van der Waals surface area contributed by atoms with Gasteiger partial charge >= 0.3 is 0 Å². The Labute approximate surface area is 135 Å². The van der Waals surface area contributed by atoms with Crippen LogP contribution in [0.15, 0.2) is 28.7 Å². The highest BCUT2D eigenvalue weighted by atomic mass is 79.9. The Morgan fingerprint density at radius 1 is 1.33 bits per heavy atom. The average molecular weight is 351 g/mol. The standard InChI is InChI=1S/C17H23BrN2O/c1-12-5-4-10-19-16(12)17(21)20(14-8-9-14)11-13-6-2-3-7-15(13)18/h2-3,6-7,12,14,16,19H,4-5,8-11H2,1H3. The van der Waals surface area contributed by atoms with E-state index in [4.69, 9.17) is 0 Å². The van der Waals surface area contributed by atoms with Gasteiger partial charge in [-0.3, -0.25) is 4.79 Å². The molecule has 21 heavy (non-hydrogen) atoms. The molecular formula is C17H23BrN2O. The number of nitrogens with one attached hydrogen (secondary N) is 1. The molecule has 3 rings (SSSR count). The molecule has 1 aromatic rings. The zero-order valence-electron chi connectivity index (χ0n) is 12.5. The summed E-state index contributed by atoms with van der Waals surface area (Å²) in [5.74, 6) is 0.729. The quantitative estimate of drug-likeness (QED) is 0.903. The van der Waals surface area contributed by atoms with Crippen LogP contribution < -0.4 is 5.32 Å². The number of carbonyl (C=O) groups is 1. The van der Waals surface area contributed by atoms with Crippen molar-refractivity contribution in [3.8, 4) is 0 Å². The molecule has 2 atom stereocenters. The maximum Gasteiger partial charge on any atom is 0.240 e. The summed E-state index contributed by atoms with van der Waals surface area (Å²) < 4.78 is 1.09. The van der Waals surface area contributed by atoms with Crippen molar-refractivity contribution >= 4 is 21.8 Å². The summed E-state index contributed by atoms with van der Waals surface area (Å²) in [5, 5.41) is 3.43. The van der Waals surface area contributed by atoms with Gasteiger partial charge in [-0.25, -0.2) is 0 Å². The van der Waals surface area contributed by atoms with Crippen LogP contribution in [0, 0.1) is 5.92 Å². The summed E-state index contributed by atoms with van der Waals surface area (Å²) in [6.45, 7) is 3.88. The van der Waals surface area contributed by atoms with E-state index in [-0.39, 0.29) is 6.04 Å². The van der Waals surface area contributed by atoms with Crippen molar-refractivity contribution in [3.05, 3.63) is 34.3 Å². The maximum absolute atomic E-state index is 13.0. The number of carbonyl (C=O) groups excluding carboxylic acids is 1. The van der Waals surface area contributed by atoms with Gasteiger partial charge in [0.05, 0.1) is 6.04 Å². The Hall–Kier alpha value is -0.870. The zero-order valence-corrected chi connectivity index (χ0v) is 14.1. The molecule has 0 radical (unpaired) electrons. The molecule has 1 saturated carbocycles. The predicted molar refractivity (Wildman–Crippen MR) is 87.9 cm³/mol. The van der Waals surface area contributed by atoms with Crippen LogP contribution in [0.25, 0.3) is 0 Å². The number of piperidine rings is 1. The maximum atomic E-state index is 13.0. The largest absolute Gasteiger partial charge is 0.334 e. The Morgan fingerprint density at radius 2 is 2.10 bits per heavy atom. The van der Waals surface area contributed by atoms with Gasteiger partial charge in [0.1, 0.15) is 0 Å². The van der Waals surface area contributed by atoms with Gasteiger partial charge in [-0.15, -0.1) is 0 Å². The van der Waals surface area contributed by atoms with E-state index >= 15 is 0 Å². The van der Waals surface area contributed by atoms with Crippen LogP contribution in [0.4, 0.5) is 0 Å². The lowest BCUT2D eigenvalue weighted by Crippen LogP contribution is -2.52. The first-order valence-electron chi connectivity index (χ1n) is 7.94. The van der Waals surface area contributed by atoms with Gasteiger partial charge in [-0.2, -0.15) is 0 Å². The molecule has 0 spiro atoms. The van der Waals surface area contributed by atoms with Crippen LogP contribution in [0.1, 0.15) is 38.2 Å². The normalized spacial score (nSPS) is 25.6. The Balaban J connectivity index is 1.75. The van der Waals surface area contributed by atoms with Crippen molar-refractivity contribution in [2.45, 2.75) is 51.2 Å². The first kappa shape index (κ1) is 15.0. The summed E-state index contributed by atoms with van der Waals surface area (Å²) in [6.07, 6.45) is 4.63. The van der Waals surface area contributed by atoms with Crippen molar-refractivity contribution in [1.82, 2.24) is 10.2 Å². The Kier molecular flexibility index (Phi) is 4.65. The van der Waals surface area contributed by atoms with Gasteiger partial charge in [-0.1, -0.05) is 41.1 Å². The van der Waals surface area contributed by atoms with Crippen LogP contribution in [0.3, 0.4) is 0 Å². The van der Waals surface area contributed by atoms with E-state index in [1.54, 1.807) is 0 Å². The number of nitrogens with zero attached hydrogens (tertiary/aromatic N) is 1. The third kappa shape index (κ3) is 3.49. The number of hydrogen-bond donors (Lipinski definition) is 1. The van der Waals surface area contributed by atoms with Crippen LogP contribution in [0.5, 0.6) is 0 Å². The molecule has 2 fully saturated rings. The summed E-state index contributed by atoms with van der Waals surface area (Å²) in [7, 11) is 0. The van der Waals surface area contributed by atoms with Gasteiger partial charge in [0, 0.05) is 17.1 Å². The molecule has 1 aromatic carbocycles. The minimum Gasteiger partial charge on any atom is -0.334 e. The third-order valence-electron chi connectivity index (χ3n) is 4.60. The number of amides is 1. The molecule has 1 aliphatic heterocycles. The molecule has 1 amide bonds. The van der Waals surface area contributed by atoms with E-state index < -0.39 is 0 Å². The van der Waals surface area contributed by atoms with E-state index in [1.807, 2.05) is 18.2 Å². The van der Waals surface area contributed by atoms with E-state index in [0.717, 1.165) is 36.8 Å². The Morgan fingerprint density at radius 3 is 2.76 bits per heavy atom. The molecular weight excluding hydrogens is 328 g/mol. The summed E-state index contributed by atoms with van der Waals surface area (Å²) in [6, 6.07) is 8.65. The second kappa shape index (κ2) is 6.49. The molecule has 2 unspecified atom stereocenters. The molecule has 2 aliphatic rings. The topological polar surface area (TPSA) is 32.3 Å². The van der Waals surface area contributed by atoms with Gasteiger partial charge in [0.15, 0.2) is 0 Å². The minimum atomic E-state index is 0.00170. The average Bonchev–Trinajstić information content (AvgIpc) is 3.31. The van der Waals surface area contributed by atoms with Gasteiger partial charge < -0.3 is 10.2 Å². The number of benzene rings is 1. The van der Waals surface area contributed by atoms with Crippen molar-refractivity contribution in [3.63, 3.8) is 0 Å². The van der Waals surface area contributed by atoms with Gasteiger partial charge in [0.2, 0.25) is 5.91 Å². The predicted octanol–water partition coefficient (Wildman–Crippen LogP) is 3.33. The fourth-order valence-corrected chi connectivity index (χ4v) is 3.55. The van der Waals surface area contributed by atoms with Crippen LogP contribution in [-0.2, 0) is 11.3 Å². The van der Waals surface area contributed by atoms with E-state index in [0.29, 0.717) is 17.9 Å². The summed E-state index contributed by atoms with van der Waals surface area (Å²) in [4.78, 5) is 15.1. The van der Waals surface area contributed by atoms with Crippen molar-refractivity contribution in [2.75, 3.05) is 6.54 Å². The monoisotopic (exact) mass is 350 g/mol. The van der Waals surface area contributed by atoms with E-state index in [9.17, 15) is 4.79 Å².